The molecule has 42 heavy (non-hydrogen) atoms. The number of carbonyl (C=O) groups is 1. The maximum Gasteiger partial charge on any atom is 0.264 e. The Balaban J connectivity index is 1.18. The average Bonchev–Trinajstić information content (AvgIpc) is 3.46. The summed E-state index contributed by atoms with van der Waals surface area (Å²) >= 11 is 1.41. The zero-order valence-electron chi connectivity index (χ0n) is 23.1. The van der Waals surface area contributed by atoms with E-state index in [1.165, 1.54) is 45.9 Å². The van der Waals surface area contributed by atoms with Crippen molar-refractivity contribution in [2.24, 2.45) is 0 Å². The number of fused-ring (bicyclic) bond motifs is 1. The van der Waals surface area contributed by atoms with E-state index in [2.05, 4.69) is 53.4 Å². The van der Waals surface area contributed by atoms with Crippen molar-refractivity contribution < 1.29 is 17.6 Å². The van der Waals surface area contributed by atoms with Gasteiger partial charge in [0.2, 0.25) is 0 Å². The SMILES string of the molecule is CN(c1ccc2sc(C(=O)N3CCN(C(c4ccccc4)c4ccccc4)CC3)cc2c1)S(=O)(=O)c1ccc(F)cc1. The fourth-order valence-corrected chi connectivity index (χ4v) is 7.66. The lowest BCUT2D eigenvalue weighted by Gasteiger charge is -2.39. The number of sulfonamides is 1. The fraction of sp³-hybridized carbons (Fsp3) is 0.182. The van der Waals surface area contributed by atoms with E-state index in [1.807, 2.05) is 29.2 Å². The molecule has 0 N–H and O–H groups in total. The van der Waals surface area contributed by atoms with Crippen LogP contribution in [0.1, 0.15) is 26.8 Å². The Labute approximate surface area is 249 Å². The average molecular weight is 600 g/mol. The van der Waals surface area contributed by atoms with Crippen LogP contribution in [0.2, 0.25) is 0 Å². The predicted molar refractivity (Wildman–Crippen MR) is 166 cm³/mol. The fourth-order valence-electron chi connectivity index (χ4n) is 5.46. The number of thiophene rings is 1. The van der Waals surface area contributed by atoms with Crippen molar-refractivity contribution in [2.75, 3.05) is 37.5 Å². The van der Waals surface area contributed by atoms with Gasteiger partial charge in [0.15, 0.2) is 0 Å². The normalized spacial score (nSPS) is 14.4. The number of halogens is 1. The number of carbonyl (C=O) groups excluding carboxylic acids is 1. The molecule has 0 spiro atoms. The van der Waals surface area contributed by atoms with E-state index in [1.54, 1.807) is 12.1 Å². The lowest BCUT2D eigenvalue weighted by atomic mass is 9.96. The first-order valence-electron chi connectivity index (χ1n) is 13.7. The van der Waals surface area contributed by atoms with Crippen LogP contribution in [0.15, 0.2) is 114 Å². The highest BCUT2D eigenvalue weighted by Gasteiger charge is 2.29. The molecule has 2 heterocycles. The maximum atomic E-state index is 13.6. The molecule has 1 aromatic heterocycles. The number of rotatable bonds is 7. The quantitative estimate of drug-likeness (QED) is 0.217. The third kappa shape index (κ3) is 5.55. The zero-order chi connectivity index (χ0) is 29.3. The summed E-state index contributed by atoms with van der Waals surface area (Å²) in [5.41, 5.74) is 2.93. The molecule has 1 amide bonds. The van der Waals surface area contributed by atoms with Crippen molar-refractivity contribution in [3.8, 4) is 0 Å². The Morgan fingerprint density at radius 2 is 1.40 bits per heavy atom. The van der Waals surface area contributed by atoms with Gasteiger partial charge in [0.1, 0.15) is 5.82 Å². The van der Waals surface area contributed by atoms with Gasteiger partial charge >= 0.3 is 0 Å². The highest BCUT2D eigenvalue weighted by molar-refractivity contribution is 7.92. The molecule has 1 saturated heterocycles. The molecule has 214 valence electrons. The second kappa shape index (κ2) is 11.7. The lowest BCUT2D eigenvalue weighted by molar-refractivity contribution is 0.0602. The highest BCUT2D eigenvalue weighted by Crippen LogP contribution is 2.33. The van der Waals surface area contributed by atoms with Crippen LogP contribution in [0.25, 0.3) is 10.1 Å². The van der Waals surface area contributed by atoms with Gasteiger partial charge in [-0.25, -0.2) is 12.8 Å². The molecule has 0 bridgehead atoms. The lowest BCUT2D eigenvalue weighted by Crippen LogP contribution is -2.49. The summed E-state index contributed by atoms with van der Waals surface area (Å²) in [4.78, 5) is 18.5. The van der Waals surface area contributed by atoms with Crippen LogP contribution in [0.3, 0.4) is 0 Å². The molecule has 5 aromatic rings. The maximum absolute atomic E-state index is 13.6. The van der Waals surface area contributed by atoms with Crippen LogP contribution in [0.5, 0.6) is 0 Å². The highest BCUT2D eigenvalue weighted by atomic mass is 32.2. The Bertz CT molecular complexity index is 1760. The molecule has 1 aliphatic rings. The summed E-state index contributed by atoms with van der Waals surface area (Å²) in [5.74, 6) is -0.511. The second-order valence-electron chi connectivity index (χ2n) is 10.3. The molecule has 0 unspecified atom stereocenters. The van der Waals surface area contributed by atoms with Crippen LogP contribution in [-0.2, 0) is 10.0 Å². The Morgan fingerprint density at radius 1 is 0.810 bits per heavy atom. The zero-order valence-corrected chi connectivity index (χ0v) is 24.7. The van der Waals surface area contributed by atoms with E-state index in [0.717, 1.165) is 35.3 Å². The first kappa shape index (κ1) is 28.1. The number of piperazine rings is 1. The van der Waals surface area contributed by atoms with Crippen molar-refractivity contribution in [2.45, 2.75) is 10.9 Å². The molecule has 4 aromatic carbocycles. The second-order valence-corrected chi connectivity index (χ2v) is 13.4. The van der Waals surface area contributed by atoms with Crippen molar-refractivity contribution in [3.63, 3.8) is 0 Å². The third-order valence-electron chi connectivity index (χ3n) is 7.74. The molecule has 0 aliphatic carbocycles. The molecule has 6 rings (SSSR count). The van der Waals surface area contributed by atoms with Gasteiger partial charge in [0.25, 0.3) is 15.9 Å². The first-order chi connectivity index (χ1) is 20.3. The van der Waals surface area contributed by atoms with Gasteiger partial charge < -0.3 is 4.90 Å². The van der Waals surface area contributed by atoms with Gasteiger partial charge in [-0.1, -0.05) is 60.7 Å². The van der Waals surface area contributed by atoms with Crippen LogP contribution in [0.4, 0.5) is 10.1 Å². The number of benzene rings is 4. The van der Waals surface area contributed by atoms with Crippen LogP contribution in [-0.4, -0.2) is 57.4 Å². The Hall–Kier alpha value is -4.05. The number of hydrogen-bond acceptors (Lipinski definition) is 5. The van der Waals surface area contributed by atoms with Gasteiger partial charge in [-0.3, -0.25) is 14.0 Å². The van der Waals surface area contributed by atoms with E-state index in [-0.39, 0.29) is 16.8 Å². The van der Waals surface area contributed by atoms with E-state index < -0.39 is 15.8 Å². The van der Waals surface area contributed by atoms with Crippen LogP contribution >= 0.6 is 11.3 Å². The standard InChI is InChI=1S/C33H30FN3O3S2/c1-35(42(39,40)29-15-12-27(34)13-16-29)28-14-17-30-26(22-28)23-31(41-30)33(38)37-20-18-36(19-21-37)32(24-8-4-2-5-9-24)25-10-6-3-7-11-25/h2-17,22-23,32H,18-21H2,1H3. The number of amides is 1. The molecule has 9 heteroatoms. The monoisotopic (exact) mass is 599 g/mol. The van der Waals surface area contributed by atoms with Crippen LogP contribution in [0, 0.1) is 5.82 Å². The summed E-state index contributed by atoms with van der Waals surface area (Å²) < 4.78 is 41.6. The summed E-state index contributed by atoms with van der Waals surface area (Å²) in [5, 5.41) is 0.800. The number of anilines is 1. The van der Waals surface area contributed by atoms with Crippen molar-refractivity contribution in [1.82, 2.24) is 9.80 Å². The van der Waals surface area contributed by atoms with E-state index in [4.69, 9.17) is 0 Å². The predicted octanol–water partition coefficient (Wildman–Crippen LogP) is 6.41. The molecule has 0 saturated carbocycles. The first-order valence-corrected chi connectivity index (χ1v) is 16.0. The van der Waals surface area contributed by atoms with E-state index in [9.17, 15) is 17.6 Å². The van der Waals surface area contributed by atoms with Crippen molar-refractivity contribution in [3.05, 3.63) is 131 Å². The van der Waals surface area contributed by atoms with Gasteiger partial charge in [-0.15, -0.1) is 11.3 Å². The summed E-state index contributed by atoms with van der Waals surface area (Å²) in [6, 6.07) is 33.0. The van der Waals surface area contributed by atoms with Gasteiger partial charge in [-0.05, 0) is 65.0 Å². The molecular formula is C33H30FN3O3S2. The molecule has 0 atom stereocenters. The van der Waals surface area contributed by atoms with E-state index in [0.29, 0.717) is 23.7 Å². The van der Waals surface area contributed by atoms with Gasteiger partial charge in [-0.2, -0.15) is 0 Å². The Morgan fingerprint density at radius 3 is 2.00 bits per heavy atom. The number of hydrogen-bond donors (Lipinski definition) is 0. The molecule has 1 fully saturated rings. The summed E-state index contributed by atoms with van der Waals surface area (Å²) in [6.45, 7) is 2.74. The van der Waals surface area contributed by atoms with Gasteiger partial charge in [0.05, 0.1) is 21.5 Å². The molecule has 6 nitrogen and oxygen atoms in total. The van der Waals surface area contributed by atoms with Crippen molar-refractivity contribution >= 4 is 43.0 Å². The minimum absolute atomic E-state index is 0.00796. The minimum Gasteiger partial charge on any atom is -0.335 e. The smallest absolute Gasteiger partial charge is 0.264 e. The third-order valence-corrected chi connectivity index (χ3v) is 10.6. The number of nitrogens with zero attached hydrogens (tertiary/aromatic N) is 3. The molecule has 1 aliphatic heterocycles. The Kier molecular flexibility index (Phi) is 7.81. The molecular weight excluding hydrogens is 570 g/mol. The van der Waals surface area contributed by atoms with Gasteiger partial charge in [0, 0.05) is 37.9 Å². The topological polar surface area (TPSA) is 60.9 Å². The molecule has 0 radical (unpaired) electrons. The largest absolute Gasteiger partial charge is 0.335 e. The van der Waals surface area contributed by atoms with Crippen LogP contribution < -0.4 is 4.31 Å². The summed E-state index contributed by atoms with van der Waals surface area (Å²) in [7, 11) is -2.40. The van der Waals surface area contributed by atoms with Crippen molar-refractivity contribution in [1.29, 1.82) is 0 Å². The minimum atomic E-state index is -3.87. The summed E-state index contributed by atoms with van der Waals surface area (Å²) in [6.07, 6.45) is 0. The van der Waals surface area contributed by atoms with E-state index >= 15 is 0 Å².